The Morgan fingerprint density at radius 3 is 2.57 bits per heavy atom. The third kappa shape index (κ3) is 4.81. The molecule has 1 N–H and O–H groups in total. The predicted octanol–water partition coefficient (Wildman–Crippen LogP) is 4.71. The van der Waals surface area contributed by atoms with Gasteiger partial charge < -0.3 is 5.32 Å². The second kappa shape index (κ2) is 8.61. The lowest BCUT2D eigenvalue weighted by Gasteiger charge is -2.10. The molecule has 0 bridgehead atoms. The highest BCUT2D eigenvalue weighted by Crippen LogP contribution is 2.31. The number of nitrogens with zero attached hydrogens (tertiary/aromatic N) is 2. The SMILES string of the molecule is Cc1cccc(NC(=O)C[C@@H]2SC(=Nc3ccc(C(C)C)cc3)N(C)C2=O)c1. The smallest absolute Gasteiger partial charge is 0.242 e. The number of carbonyl (C=O) groups is 2. The summed E-state index contributed by atoms with van der Waals surface area (Å²) >= 11 is 1.34. The van der Waals surface area contributed by atoms with Crippen molar-refractivity contribution >= 4 is 40.1 Å². The van der Waals surface area contributed by atoms with Crippen LogP contribution in [0.5, 0.6) is 0 Å². The number of thioether (sulfide) groups is 1. The summed E-state index contributed by atoms with van der Waals surface area (Å²) in [6, 6.07) is 15.6. The van der Waals surface area contributed by atoms with E-state index >= 15 is 0 Å². The Bertz CT molecular complexity index is 906. The summed E-state index contributed by atoms with van der Waals surface area (Å²) in [7, 11) is 1.70. The van der Waals surface area contributed by atoms with Gasteiger partial charge in [-0.3, -0.25) is 14.5 Å². The van der Waals surface area contributed by atoms with Crippen molar-refractivity contribution < 1.29 is 9.59 Å². The van der Waals surface area contributed by atoms with E-state index in [1.807, 2.05) is 43.3 Å². The molecule has 1 atom stereocenters. The van der Waals surface area contributed by atoms with Gasteiger partial charge >= 0.3 is 0 Å². The molecule has 1 aliphatic rings. The number of benzene rings is 2. The van der Waals surface area contributed by atoms with Crippen LogP contribution in [-0.4, -0.2) is 34.2 Å². The van der Waals surface area contributed by atoms with E-state index in [0.29, 0.717) is 11.1 Å². The number of hydrogen-bond donors (Lipinski definition) is 1. The number of nitrogens with one attached hydrogen (secondary N) is 1. The zero-order valence-corrected chi connectivity index (χ0v) is 17.4. The zero-order chi connectivity index (χ0) is 20.3. The predicted molar refractivity (Wildman–Crippen MR) is 116 cm³/mol. The monoisotopic (exact) mass is 395 g/mol. The molecule has 1 fully saturated rings. The van der Waals surface area contributed by atoms with Gasteiger partial charge in [0.15, 0.2) is 5.17 Å². The molecule has 28 heavy (non-hydrogen) atoms. The first-order chi connectivity index (χ1) is 13.3. The van der Waals surface area contributed by atoms with E-state index in [9.17, 15) is 9.59 Å². The van der Waals surface area contributed by atoms with Crippen LogP contribution in [-0.2, 0) is 9.59 Å². The number of amidine groups is 1. The topological polar surface area (TPSA) is 61.8 Å². The second-order valence-electron chi connectivity index (χ2n) is 7.27. The Balaban J connectivity index is 1.66. The molecule has 1 aliphatic heterocycles. The van der Waals surface area contributed by atoms with Crippen LogP contribution in [0.15, 0.2) is 53.5 Å². The lowest BCUT2D eigenvalue weighted by Crippen LogP contribution is -2.30. The first kappa shape index (κ1) is 20.1. The number of amides is 2. The molecule has 0 spiro atoms. The van der Waals surface area contributed by atoms with Crippen LogP contribution in [0.3, 0.4) is 0 Å². The number of aryl methyl sites for hydroxylation is 1. The molecule has 2 amide bonds. The molecule has 0 aromatic heterocycles. The summed E-state index contributed by atoms with van der Waals surface area (Å²) in [6.45, 7) is 6.26. The summed E-state index contributed by atoms with van der Waals surface area (Å²) < 4.78 is 0. The van der Waals surface area contributed by atoms with Crippen molar-refractivity contribution in [3.63, 3.8) is 0 Å². The molecular weight excluding hydrogens is 370 g/mol. The molecule has 1 saturated heterocycles. The van der Waals surface area contributed by atoms with Crippen molar-refractivity contribution in [1.82, 2.24) is 4.90 Å². The largest absolute Gasteiger partial charge is 0.326 e. The van der Waals surface area contributed by atoms with Crippen molar-refractivity contribution in [3.05, 3.63) is 59.7 Å². The van der Waals surface area contributed by atoms with Gasteiger partial charge in [0.25, 0.3) is 0 Å². The van der Waals surface area contributed by atoms with E-state index in [0.717, 1.165) is 16.9 Å². The highest BCUT2D eigenvalue weighted by atomic mass is 32.2. The van der Waals surface area contributed by atoms with Gasteiger partial charge in [-0.05, 0) is 48.2 Å². The summed E-state index contributed by atoms with van der Waals surface area (Å²) in [4.78, 5) is 31.0. The van der Waals surface area contributed by atoms with Crippen molar-refractivity contribution in [3.8, 4) is 0 Å². The molecule has 3 rings (SSSR count). The van der Waals surface area contributed by atoms with Gasteiger partial charge in [0, 0.05) is 19.2 Å². The van der Waals surface area contributed by atoms with E-state index < -0.39 is 5.25 Å². The molecule has 6 heteroatoms. The Morgan fingerprint density at radius 2 is 1.93 bits per heavy atom. The van der Waals surface area contributed by atoms with Gasteiger partial charge in [0.2, 0.25) is 11.8 Å². The molecule has 2 aromatic rings. The van der Waals surface area contributed by atoms with Crippen LogP contribution in [0, 0.1) is 6.92 Å². The van der Waals surface area contributed by atoms with E-state index in [1.54, 1.807) is 7.05 Å². The van der Waals surface area contributed by atoms with Gasteiger partial charge in [-0.1, -0.05) is 49.9 Å². The van der Waals surface area contributed by atoms with Crippen LogP contribution in [0.2, 0.25) is 0 Å². The van der Waals surface area contributed by atoms with Crippen molar-refractivity contribution in [1.29, 1.82) is 0 Å². The van der Waals surface area contributed by atoms with Crippen molar-refractivity contribution in [2.45, 2.75) is 38.4 Å². The average molecular weight is 396 g/mol. The normalized spacial score (nSPS) is 18.2. The molecule has 0 saturated carbocycles. The minimum absolute atomic E-state index is 0.0954. The number of anilines is 1. The number of rotatable bonds is 5. The molecule has 5 nitrogen and oxygen atoms in total. The molecule has 146 valence electrons. The van der Waals surface area contributed by atoms with Crippen LogP contribution in [0.4, 0.5) is 11.4 Å². The fourth-order valence-corrected chi connectivity index (χ4v) is 4.10. The first-order valence-corrected chi connectivity index (χ1v) is 10.2. The molecule has 0 unspecified atom stereocenters. The molecule has 2 aromatic carbocycles. The highest BCUT2D eigenvalue weighted by Gasteiger charge is 2.37. The van der Waals surface area contributed by atoms with Crippen molar-refractivity contribution in [2.24, 2.45) is 4.99 Å². The molecule has 0 radical (unpaired) electrons. The summed E-state index contributed by atoms with van der Waals surface area (Å²) in [5.74, 6) is 0.192. The number of carbonyl (C=O) groups excluding carboxylic acids is 2. The fourth-order valence-electron chi connectivity index (χ4n) is 2.94. The van der Waals surface area contributed by atoms with Gasteiger partial charge in [0.1, 0.15) is 5.25 Å². The Kier molecular flexibility index (Phi) is 6.19. The fraction of sp³-hybridized carbons (Fsp3) is 0.318. The van der Waals surface area contributed by atoms with E-state index in [4.69, 9.17) is 0 Å². The highest BCUT2D eigenvalue weighted by molar-refractivity contribution is 8.15. The Labute approximate surface area is 170 Å². The van der Waals surface area contributed by atoms with Crippen molar-refractivity contribution in [2.75, 3.05) is 12.4 Å². The van der Waals surface area contributed by atoms with Gasteiger partial charge in [-0.25, -0.2) is 4.99 Å². The maximum absolute atomic E-state index is 12.5. The zero-order valence-electron chi connectivity index (χ0n) is 16.6. The lowest BCUT2D eigenvalue weighted by atomic mass is 10.0. The summed E-state index contributed by atoms with van der Waals surface area (Å²) in [5, 5.41) is 3.03. The average Bonchev–Trinajstić information content (AvgIpc) is 2.90. The molecule has 1 heterocycles. The molecule has 0 aliphatic carbocycles. The first-order valence-electron chi connectivity index (χ1n) is 9.33. The number of hydrogen-bond acceptors (Lipinski definition) is 4. The Hall–Kier alpha value is -2.60. The van der Waals surface area contributed by atoms with Gasteiger partial charge in [-0.2, -0.15) is 0 Å². The lowest BCUT2D eigenvalue weighted by molar-refractivity contribution is -0.127. The van der Waals surface area contributed by atoms with E-state index in [1.165, 1.54) is 22.2 Å². The second-order valence-corrected chi connectivity index (χ2v) is 8.44. The van der Waals surface area contributed by atoms with E-state index in [2.05, 4.69) is 36.3 Å². The maximum Gasteiger partial charge on any atom is 0.242 e. The number of aliphatic imine (C=N–C) groups is 1. The quantitative estimate of drug-likeness (QED) is 0.798. The van der Waals surface area contributed by atoms with E-state index in [-0.39, 0.29) is 18.2 Å². The minimum atomic E-state index is -0.455. The third-order valence-electron chi connectivity index (χ3n) is 4.60. The third-order valence-corrected chi connectivity index (χ3v) is 5.83. The summed E-state index contributed by atoms with van der Waals surface area (Å²) in [6.07, 6.45) is 0.118. The molecular formula is C22H25N3O2S. The van der Waals surface area contributed by atoms with Crippen LogP contribution < -0.4 is 5.32 Å². The van der Waals surface area contributed by atoms with Gasteiger partial charge in [0.05, 0.1) is 5.69 Å². The standard InChI is InChI=1S/C22H25N3O2S/c1-14(2)16-8-10-17(11-9-16)24-22-25(4)21(27)19(28-22)13-20(26)23-18-7-5-6-15(3)12-18/h5-12,14,19H,13H2,1-4H3,(H,23,26)/t19-/m0/s1. The summed E-state index contributed by atoms with van der Waals surface area (Å²) in [5.41, 5.74) is 3.87. The Morgan fingerprint density at radius 1 is 1.21 bits per heavy atom. The minimum Gasteiger partial charge on any atom is -0.326 e. The maximum atomic E-state index is 12.5. The van der Waals surface area contributed by atoms with Crippen LogP contribution in [0.25, 0.3) is 0 Å². The van der Waals surface area contributed by atoms with Crippen LogP contribution in [0.1, 0.15) is 37.3 Å². The van der Waals surface area contributed by atoms with Crippen LogP contribution >= 0.6 is 11.8 Å². The van der Waals surface area contributed by atoms with Gasteiger partial charge in [-0.15, -0.1) is 0 Å².